The van der Waals surface area contributed by atoms with Gasteiger partial charge in [-0.15, -0.1) is 5.10 Å². The van der Waals surface area contributed by atoms with Gasteiger partial charge in [-0.3, -0.25) is 0 Å². The van der Waals surface area contributed by atoms with E-state index in [9.17, 15) is 0 Å². The third-order valence-electron chi connectivity index (χ3n) is 3.06. The second kappa shape index (κ2) is 5.36. The molecule has 1 aliphatic carbocycles. The average molecular weight is 255 g/mol. The first-order valence-electron chi connectivity index (χ1n) is 6.60. The Labute approximate surface area is 112 Å². The van der Waals surface area contributed by atoms with E-state index in [0.29, 0.717) is 11.9 Å². The maximum Gasteiger partial charge on any atom is 0.238 e. The lowest BCUT2D eigenvalue weighted by Crippen LogP contribution is -2.16. The van der Waals surface area contributed by atoms with Crippen molar-refractivity contribution in [3.05, 3.63) is 47.7 Å². The molecule has 0 radical (unpaired) electrons. The van der Waals surface area contributed by atoms with Crippen LogP contribution in [0.25, 0.3) is 0 Å². The number of aryl methyl sites for hydroxylation is 1. The number of nitrogens with zero attached hydrogens (tertiary/aromatic N) is 2. The van der Waals surface area contributed by atoms with Crippen molar-refractivity contribution in [1.82, 2.24) is 15.5 Å². The number of rotatable bonds is 5. The molecular weight excluding hydrogens is 238 g/mol. The maximum absolute atomic E-state index is 5.66. The second-order valence-electron chi connectivity index (χ2n) is 4.94. The summed E-state index contributed by atoms with van der Waals surface area (Å²) in [6, 6.07) is 12.4. The molecule has 19 heavy (non-hydrogen) atoms. The minimum Gasteiger partial charge on any atom is -0.438 e. The SMILES string of the molecule is Cc1cccc(Oc2ccc(CNC3CC3)nn2)c1. The number of ether oxygens (including phenoxy) is 1. The molecule has 0 unspecified atom stereocenters. The van der Waals surface area contributed by atoms with E-state index in [-0.39, 0.29) is 0 Å². The number of hydrogen-bond acceptors (Lipinski definition) is 4. The Bertz CT molecular complexity index is 550. The van der Waals surface area contributed by atoms with Gasteiger partial charge in [0.1, 0.15) is 5.75 Å². The Balaban J connectivity index is 1.61. The molecule has 98 valence electrons. The van der Waals surface area contributed by atoms with Gasteiger partial charge >= 0.3 is 0 Å². The molecule has 4 heteroatoms. The molecule has 0 bridgehead atoms. The van der Waals surface area contributed by atoms with E-state index in [1.165, 1.54) is 12.8 Å². The quantitative estimate of drug-likeness (QED) is 0.892. The topological polar surface area (TPSA) is 47.0 Å². The largest absolute Gasteiger partial charge is 0.438 e. The van der Waals surface area contributed by atoms with Gasteiger partial charge in [0.2, 0.25) is 5.88 Å². The van der Waals surface area contributed by atoms with Crippen LogP contribution in [0.3, 0.4) is 0 Å². The molecule has 1 fully saturated rings. The van der Waals surface area contributed by atoms with Crippen LogP contribution in [0.5, 0.6) is 11.6 Å². The highest BCUT2D eigenvalue weighted by Crippen LogP contribution is 2.20. The lowest BCUT2D eigenvalue weighted by Gasteiger charge is -2.06. The standard InChI is InChI=1S/C15H17N3O/c1-11-3-2-4-14(9-11)19-15-8-7-13(17-18-15)10-16-12-5-6-12/h2-4,7-9,12,16H,5-6,10H2,1H3. The fourth-order valence-electron chi connectivity index (χ4n) is 1.83. The van der Waals surface area contributed by atoms with Crippen molar-refractivity contribution >= 4 is 0 Å². The number of nitrogens with one attached hydrogen (secondary N) is 1. The van der Waals surface area contributed by atoms with E-state index >= 15 is 0 Å². The summed E-state index contributed by atoms with van der Waals surface area (Å²) in [5.74, 6) is 1.32. The highest BCUT2D eigenvalue weighted by molar-refractivity contribution is 5.30. The zero-order valence-corrected chi connectivity index (χ0v) is 11.0. The lowest BCUT2D eigenvalue weighted by molar-refractivity contribution is 0.452. The maximum atomic E-state index is 5.66. The van der Waals surface area contributed by atoms with Gasteiger partial charge in [0, 0.05) is 18.7 Å². The summed E-state index contributed by atoms with van der Waals surface area (Å²) in [4.78, 5) is 0. The Kier molecular flexibility index (Phi) is 3.42. The van der Waals surface area contributed by atoms with Crippen LogP contribution in [-0.4, -0.2) is 16.2 Å². The summed E-state index contributed by atoms with van der Waals surface area (Å²) in [5.41, 5.74) is 2.11. The molecule has 0 amide bonds. The summed E-state index contributed by atoms with van der Waals surface area (Å²) in [6.07, 6.45) is 2.56. The molecule has 1 aliphatic rings. The molecular formula is C15H17N3O. The fraction of sp³-hybridized carbons (Fsp3) is 0.333. The monoisotopic (exact) mass is 255 g/mol. The Hall–Kier alpha value is -1.94. The van der Waals surface area contributed by atoms with Crippen molar-refractivity contribution in [2.24, 2.45) is 0 Å². The first-order chi connectivity index (χ1) is 9.29. The Morgan fingerprint density at radius 3 is 2.79 bits per heavy atom. The van der Waals surface area contributed by atoms with E-state index in [4.69, 9.17) is 4.74 Å². The molecule has 3 rings (SSSR count). The van der Waals surface area contributed by atoms with Gasteiger partial charge in [-0.25, -0.2) is 0 Å². The van der Waals surface area contributed by atoms with Crippen LogP contribution in [0, 0.1) is 6.92 Å². The van der Waals surface area contributed by atoms with E-state index in [1.807, 2.05) is 43.3 Å². The zero-order chi connectivity index (χ0) is 13.1. The van der Waals surface area contributed by atoms with Crippen LogP contribution in [0.15, 0.2) is 36.4 Å². The summed E-state index contributed by atoms with van der Waals surface area (Å²) >= 11 is 0. The molecule has 1 heterocycles. The molecule has 0 spiro atoms. The molecule has 2 aromatic rings. The minimum absolute atomic E-state index is 0.528. The predicted molar refractivity (Wildman–Crippen MR) is 73.1 cm³/mol. The van der Waals surface area contributed by atoms with Gasteiger partial charge in [0.05, 0.1) is 5.69 Å². The Morgan fingerprint density at radius 1 is 1.21 bits per heavy atom. The summed E-state index contributed by atoms with van der Waals surface area (Å²) < 4.78 is 5.66. The van der Waals surface area contributed by atoms with Crippen LogP contribution in [0.4, 0.5) is 0 Å². The van der Waals surface area contributed by atoms with E-state index in [0.717, 1.165) is 23.6 Å². The Morgan fingerprint density at radius 2 is 2.11 bits per heavy atom. The van der Waals surface area contributed by atoms with Crippen molar-refractivity contribution in [3.8, 4) is 11.6 Å². The summed E-state index contributed by atoms with van der Waals surface area (Å²) in [6.45, 7) is 2.81. The second-order valence-corrected chi connectivity index (χ2v) is 4.94. The molecule has 0 aliphatic heterocycles. The van der Waals surface area contributed by atoms with Crippen molar-refractivity contribution in [2.75, 3.05) is 0 Å². The summed E-state index contributed by atoms with van der Waals surface area (Å²) in [5, 5.41) is 11.7. The number of benzene rings is 1. The molecule has 0 atom stereocenters. The van der Waals surface area contributed by atoms with Crippen LogP contribution in [0.1, 0.15) is 24.1 Å². The van der Waals surface area contributed by atoms with Crippen LogP contribution in [0.2, 0.25) is 0 Å². The van der Waals surface area contributed by atoms with Crippen LogP contribution < -0.4 is 10.1 Å². The molecule has 4 nitrogen and oxygen atoms in total. The summed E-state index contributed by atoms with van der Waals surface area (Å²) in [7, 11) is 0. The molecule has 1 saturated carbocycles. The normalized spacial score (nSPS) is 14.4. The fourth-order valence-corrected chi connectivity index (χ4v) is 1.83. The van der Waals surface area contributed by atoms with Crippen LogP contribution >= 0.6 is 0 Å². The number of aromatic nitrogens is 2. The molecule has 1 aromatic heterocycles. The van der Waals surface area contributed by atoms with Gasteiger partial charge < -0.3 is 10.1 Å². The van der Waals surface area contributed by atoms with E-state index in [1.54, 1.807) is 0 Å². The van der Waals surface area contributed by atoms with Gasteiger partial charge in [0.15, 0.2) is 0 Å². The average Bonchev–Trinajstić information content (AvgIpc) is 3.22. The molecule has 0 saturated heterocycles. The highest BCUT2D eigenvalue weighted by atomic mass is 16.5. The van der Waals surface area contributed by atoms with Crippen molar-refractivity contribution < 1.29 is 4.74 Å². The molecule has 1 N–H and O–H groups in total. The van der Waals surface area contributed by atoms with Crippen LogP contribution in [-0.2, 0) is 6.54 Å². The minimum atomic E-state index is 0.528. The zero-order valence-electron chi connectivity index (χ0n) is 11.0. The third kappa shape index (κ3) is 3.51. The van der Waals surface area contributed by atoms with Gasteiger partial charge in [-0.2, -0.15) is 5.10 Å². The van der Waals surface area contributed by atoms with Crippen molar-refractivity contribution in [2.45, 2.75) is 32.4 Å². The third-order valence-corrected chi connectivity index (χ3v) is 3.06. The first-order valence-corrected chi connectivity index (χ1v) is 6.60. The highest BCUT2D eigenvalue weighted by Gasteiger charge is 2.20. The lowest BCUT2D eigenvalue weighted by atomic mass is 10.2. The number of hydrogen-bond donors (Lipinski definition) is 1. The van der Waals surface area contributed by atoms with E-state index < -0.39 is 0 Å². The van der Waals surface area contributed by atoms with Crippen molar-refractivity contribution in [3.63, 3.8) is 0 Å². The van der Waals surface area contributed by atoms with Gasteiger partial charge in [-0.05, 0) is 43.5 Å². The van der Waals surface area contributed by atoms with Gasteiger partial charge in [0.25, 0.3) is 0 Å². The predicted octanol–water partition coefficient (Wildman–Crippen LogP) is 2.83. The van der Waals surface area contributed by atoms with Crippen molar-refractivity contribution in [1.29, 1.82) is 0 Å². The molecule has 1 aromatic carbocycles. The first kappa shape index (κ1) is 12.1. The van der Waals surface area contributed by atoms with E-state index in [2.05, 4.69) is 15.5 Å². The smallest absolute Gasteiger partial charge is 0.238 e. The van der Waals surface area contributed by atoms with Gasteiger partial charge in [-0.1, -0.05) is 12.1 Å².